The molecule has 1 fully saturated rings. The Morgan fingerprint density at radius 3 is 2.70 bits per heavy atom. The van der Waals surface area contributed by atoms with Crippen LogP contribution in [0.3, 0.4) is 0 Å². The van der Waals surface area contributed by atoms with E-state index in [1.807, 2.05) is 12.1 Å². The molecular weight excluding hydrogens is 318 g/mol. The Hall–Kier alpha value is -1.79. The van der Waals surface area contributed by atoms with E-state index in [2.05, 4.69) is 5.32 Å². The van der Waals surface area contributed by atoms with Crippen LogP contribution in [-0.4, -0.2) is 25.0 Å². The first-order valence-corrected chi connectivity index (χ1v) is 7.63. The molecule has 1 saturated carbocycles. The van der Waals surface area contributed by atoms with Gasteiger partial charge in [0, 0.05) is 5.92 Å². The summed E-state index contributed by atoms with van der Waals surface area (Å²) in [4.78, 5) is 23.2. The molecule has 6 nitrogen and oxygen atoms in total. The van der Waals surface area contributed by atoms with Crippen molar-refractivity contribution in [1.29, 1.82) is 0 Å². The summed E-state index contributed by atoms with van der Waals surface area (Å²) in [6.07, 6.45) is 3.06. The summed E-state index contributed by atoms with van der Waals surface area (Å²) in [5.74, 6) is 0.322. The average molecular weight is 342 g/mol. The molecule has 0 bridgehead atoms. The highest BCUT2D eigenvalue weighted by Gasteiger charge is 2.32. The fourth-order valence-electron chi connectivity index (χ4n) is 2.85. The van der Waals surface area contributed by atoms with E-state index in [9.17, 15) is 9.59 Å². The third kappa shape index (κ3) is 5.41. The second-order valence-corrected chi connectivity index (χ2v) is 5.58. The Labute approximate surface area is 142 Å². The molecule has 0 heterocycles. The molecule has 23 heavy (non-hydrogen) atoms. The van der Waals surface area contributed by atoms with Crippen LogP contribution in [0.1, 0.15) is 25.7 Å². The number of benzene rings is 1. The number of anilines is 1. The summed E-state index contributed by atoms with van der Waals surface area (Å²) in [5, 5.41) is 2.92. The molecule has 0 radical (unpaired) electrons. The minimum Gasteiger partial charge on any atom is -0.491 e. The van der Waals surface area contributed by atoms with Crippen LogP contribution in [0.4, 0.5) is 5.69 Å². The van der Waals surface area contributed by atoms with Crippen molar-refractivity contribution in [2.45, 2.75) is 25.7 Å². The fourth-order valence-corrected chi connectivity index (χ4v) is 2.85. The number of para-hydroxylation sites is 2. The third-order valence-electron chi connectivity index (χ3n) is 4.05. The van der Waals surface area contributed by atoms with Crippen molar-refractivity contribution in [3.05, 3.63) is 24.3 Å². The first-order chi connectivity index (χ1) is 10.6. The monoisotopic (exact) mass is 341 g/mol. The van der Waals surface area contributed by atoms with E-state index in [1.54, 1.807) is 12.1 Å². The van der Waals surface area contributed by atoms with Gasteiger partial charge in [-0.25, -0.2) is 0 Å². The lowest BCUT2D eigenvalue weighted by atomic mass is 9.95. The maximum Gasteiger partial charge on any atom is 0.227 e. The topological polar surface area (TPSA) is 107 Å². The van der Waals surface area contributed by atoms with Crippen LogP contribution >= 0.6 is 12.4 Å². The molecule has 128 valence electrons. The van der Waals surface area contributed by atoms with Gasteiger partial charge in [0.15, 0.2) is 0 Å². The third-order valence-corrected chi connectivity index (χ3v) is 4.05. The Kier molecular flexibility index (Phi) is 7.85. The number of hydrogen-bond acceptors (Lipinski definition) is 4. The maximum atomic E-state index is 12.4. The Balaban J connectivity index is 0.00000264. The number of rotatable bonds is 7. The van der Waals surface area contributed by atoms with E-state index >= 15 is 0 Å². The first kappa shape index (κ1) is 19.3. The summed E-state index contributed by atoms with van der Waals surface area (Å²) in [6.45, 7) is 0.728. The number of halogens is 1. The SMILES string of the molecule is Cl.NC[C@H]1CCC[C@H]1C(=O)Nc1ccccc1OCCC(N)=O. The second kappa shape index (κ2) is 9.37. The van der Waals surface area contributed by atoms with Crippen LogP contribution in [0.25, 0.3) is 0 Å². The van der Waals surface area contributed by atoms with E-state index in [0.717, 1.165) is 19.3 Å². The maximum absolute atomic E-state index is 12.4. The minimum atomic E-state index is -0.418. The first-order valence-electron chi connectivity index (χ1n) is 7.63. The highest BCUT2D eigenvalue weighted by molar-refractivity contribution is 5.94. The fraction of sp³-hybridized carbons (Fsp3) is 0.500. The van der Waals surface area contributed by atoms with Gasteiger partial charge >= 0.3 is 0 Å². The number of hydrogen-bond donors (Lipinski definition) is 3. The molecule has 0 aliphatic heterocycles. The van der Waals surface area contributed by atoms with Gasteiger partial charge in [0.1, 0.15) is 5.75 Å². The van der Waals surface area contributed by atoms with Gasteiger partial charge in [-0.1, -0.05) is 18.6 Å². The van der Waals surface area contributed by atoms with Crippen molar-refractivity contribution >= 4 is 29.9 Å². The van der Waals surface area contributed by atoms with Crippen molar-refractivity contribution in [1.82, 2.24) is 0 Å². The lowest BCUT2D eigenvalue weighted by Crippen LogP contribution is -2.29. The molecule has 5 N–H and O–H groups in total. The highest BCUT2D eigenvalue weighted by Crippen LogP contribution is 2.33. The largest absolute Gasteiger partial charge is 0.491 e. The molecule has 0 spiro atoms. The van der Waals surface area contributed by atoms with Crippen molar-refractivity contribution in [3.8, 4) is 5.75 Å². The van der Waals surface area contributed by atoms with E-state index < -0.39 is 5.91 Å². The number of nitrogens with two attached hydrogens (primary N) is 2. The smallest absolute Gasteiger partial charge is 0.227 e. The normalized spacial score (nSPS) is 19.7. The zero-order chi connectivity index (χ0) is 15.9. The second-order valence-electron chi connectivity index (χ2n) is 5.58. The van der Waals surface area contributed by atoms with E-state index in [4.69, 9.17) is 16.2 Å². The van der Waals surface area contributed by atoms with Crippen LogP contribution in [0.15, 0.2) is 24.3 Å². The van der Waals surface area contributed by atoms with Crippen molar-refractivity contribution < 1.29 is 14.3 Å². The van der Waals surface area contributed by atoms with Crippen LogP contribution in [0.5, 0.6) is 5.75 Å². The summed E-state index contributed by atoms with van der Waals surface area (Å²) in [6, 6.07) is 7.18. The van der Waals surface area contributed by atoms with E-state index in [-0.39, 0.29) is 43.2 Å². The van der Waals surface area contributed by atoms with Gasteiger partial charge < -0.3 is 21.5 Å². The summed E-state index contributed by atoms with van der Waals surface area (Å²) in [7, 11) is 0. The van der Waals surface area contributed by atoms with Crippen LogP contribution < -0.4 is 21.5 Å². The molecule has 1 aromatic carbocycles. The number of amides is 2. The minimum absolute atomic E-state index is 0. The zero-order valence-corrected chi connectivity index (χ0v) is 13.8. The summed E-state index contributed by atoms with van der Waals surface area (Å²) in [5.41, 5.74) is 11.4. The molecule has 0 aromatic heterocycles. The molecule has 2 rings (SSSR count). The zero-order valence-electron chi connectivity index (χ0n) is 13.0. The van der Waals surface area contributed by atoms with Gasteiger partial charge in [-0.05, 0) is 37.4 Å². The molecule has 2 atom stereocenters. The van der Waals surface area contributed by atoms with Crippen LogP contribution in [0, 0.1) is 11.8 Å². The summed E-state index contributed by atoms with van der Waals surface area (Å²) >= 11 is 0. The summed E-state index contributed by atoms with van der Waals surface area (Å²) < 4.78 is 5.52. The molecule has 1 aromatic rings. The quantitative estimate of drug-likeness (QED) is 0.701. The molecule has 2 amide bonds. The number of ether oxygens (including phenoxy) is 1. The van der Waals surface area contributed by atoms with E-state index in [1.165, 1.54) is 0 Å². The Bertz CT molecular complexity index is 539. The predicted molar refractivity (Wildman–Crippen MR) is 91.5 cm³/mol. The van der Waals surface area contributed by atoms with Crippen molar-refractivity contribution in [3.63, 3.8) is 0 Å². The Morgan fingerprint density at radius 2 is 2.00 bits per heavy atom. The highest BCUT2D eigenvalue weighted by atomic mass is 35.5. The Morgan fingerprint density at radius 1 is 1.26 bits per heavy atom. The average Bonchev–Trinajstić information content (AvgIpc) is 2.97. The molecular formula is C16H24ClN3O3. The van der Waals surface area contributed by atoms with Gasteiger partial charge in [-0.2, -0.15) is 0 Å². The molecule has 1 aliphatic rings. The van der Waals surface area contributed by atoms with Crippen molar-refractivity contribution in [2.75, 3.05) is 18.5 Å². The van der Waals surface area contributed by atoms with E-state index in [0.29, 0.717) is 18.0 Å². The number of carbonyl (C=O) groups is 2. The number of primary amides is 1. The van der Waals surface area contributed by atoms with Gasteiger partial charge in [-0.3, -0.25) is 9.59 Å². The predicted octanol–water partition coefficient (Wildman–Crippen LogP) is 1.68. The standard InChI is InChI=1S/C16H23N3O3.ClH/c17-10-11-4-3-5-12(11)16(21)19-13-6-1-2-7-14(13)22-9-8-15(18)20;/h1-2,6-7,11-12H,3-5,8-10,17H2,(H2,18,20)(H,19,21);1H/t11-,12-;/m1./s1. The number of carbonyl (C=O) groups excluding carboxylic acids is 2. The van der Waals surface area contributed by atoms with Gasteiger partial charge in [0.2, 0.25) is 11.8 Å². The number of nitrogens with one attached hydrogen (secondary N) is 1. The lowest BCUT2D eigenvalue weighted by molar-refractivity contribution is -0.121. The van der Waals surface area contributed by atoms with Gasteiger partial charge in [-0.15, -0.1) is 12.4 Å². The molecule has 1 aliphatic carbocycles. The molecule has 0 unspecified atom stereocenters. The molecule has 0 saturated heterocycles. The van der Waals surface area contributed by atoms with Crippen molar-refractivity contribution in [2.24, 2.45) is 23.3 Å². The van der Waals surface area contributed by atoms with Gasteiger partial charge in [0.25, 0.3) is 0 Å². The van der Waals surface area contributed by atoms with Crippen LogP contribution in [0.2, 0.25) is 0 Å². The lowest BCUT2D eigenvalue weighted by Gasteiger charge is -2.18. The van der Waals surface area contributed by atoms with Gasteiger partial charge in [0.05, 0.1) is 18.7 Å². The molecule has 7 heteroatoms. The van der Waals surface area contributed by atoms with Crippen LogP contribution in [-0.2, 0) is 9.59 Å².